The maximum absolute atomic E-state index is 11.9. The molecule has 0 radical (unpaired) electrons. The quantitative estimate of drug-likeness (QED) is 0.817. The summed E-state index contributed by atoms with van der Waals surface area (Å²) in [6.45, 7) is 0.759. The van der Waals surface area contributed by atoms with E-state index in [4.69, 9.17) is 14.3 Å². The number of amides is 1. The zero-order valence-electron chi connectivity index (χ0n) is 12.2. The summed E-state index contributed by atoms with van der Waals surface area (Å²) in [6, 6.07) is 9.86. The smallest absolute Gasteiger partial charge is 0.335 e. The third kappa shape index (κ3) is 4.20. The molecule has 22 heavy (non-hydrogen) atoms. The Morgan fingerprint density at radius 1 is 1.18 bits per heavy atom. The van der Waals surface area contributed by atoms with Crippen molar-refractivity contribution in [2.24, 2.45) is 0 Å². The van der Waals surface area contributed by atoms with Crippen LogP contribution in [0.3, 0.4) is 0 Å². The molecule has 0 aliphatic heterocycles. The molecule has 0 unspecified atom stereocenters. The average Bonchev–Trinajstić information content (AvgIpc) is 2.97. The molecule has 0 saturated heterocycles. The van der Waals surface area contributed by atoms with Crippen LogP contribution in [-0.4, -0.2) is 30.6 Å². The molecule has 6 heteroatoms. The first-order valence-electron chi connectivity index (χ1n) is 6.78. The van der Waals surface area contributed by atoms with Crippen molar-refractivity contribution in [1.82, 2.24) is 5.32 Å². The molecule has 6 nitrogen and oxygen atoms in total. The van der Waals surface area contributed by atoms with E-state index < -0.39 is 5.97 Å². The largest absolute Gasteiger partial charge is 0.478 e. The zero-order chi connectivity index (χ0) is 15.9. The van der Waals surface area contributed by atoms with Gasteiger partial charge in [0.2, 0.25) is 0 Å². The number of hydrogen-bond acceptors (Lipinski definition) is 4. The highest BCUT2D eigenvalue weighted by Crippen LogP contribution is 2.09. The first-order valence-corrected chi connectivity index (χ1v) is 6.78. The number of furan rings is 1. The van der Waals surface area contributed by atoms with Crippen molar-refractivity contribution < 1.29 is 23.8 Å². The van der Waals surface area contributed by atoms with Crippen molar-refractivity contribution >= 4 is 11.9 Å². The van der Waals surface area contributed by atoms with Gasteiger partial charge in [-0.2, -0.15) is 0 Å². The number of benzene rings is 1. The highest BCUT2D eigenvalue weighted by molar-refractivity contribution is 5.91. The van der Waals surface area contributed by atoms with Crippen LogP contribution < -0.4 is 5.32 Å². The summed E-state index contributed by atoms with van der Waals surface area (Å²) in [5.41, 5.74) is 1.19. The number of rotatable bonds is 7. The third-order valence-electron chi connectivity index (χ3n) is 3.07. The van der Waals surface area contributed by atoms with E-state index in [2.05, 4.69) is 5.32 Å². The van der Waals surface area contributed by atoms with Gasteiger partial charge >= 0.3 is 5.97 Å². The van der Waals surface area contributed by atoms with Gasteiger partial charge in [0.1, 0.15) is 12.4 Å². The lowest BCUT2D eigenvalue weighted by Crippen LogP contribution is -2.25. The number of carboxylic acids is 1. The SMILES string of the molecule is COCc1ccc(C(=O)NCCc2ccc(C(=O)O)cc2)o1. The van der Waals surface area contributed by atoms with Gasteiger partial charge in [-0.1, -0.05) is 12.1 Å². The summed E-state index contributed by atoms with van der Waals surface area (Å²) >= 11 is 0. The van der Waals surface area contributed by atoms with E-state index in [0.29, 0.717) is 25.3 Å². The van der Waals surface area contributed by atoms with Gasteiger partial charge in [0.15, 0.2) is 5.76 Å². The van der Waals surface area contributed by atoms with Gasteiger partial charge in [0.25, 0.3) is 5.91 Å². The standard InChI is InChI=1S/C16H17NO5/c1-21-10-13-6-7-14(22-13)15(18)17-9-8-11-2-4-12(5-3-11)16(19)20/h2-7H,8-10H2,1H3,(H,17,18)(H,19,20). The topological polar surface area (TPSA) is 88.8 Å². The van der Waals surface area contributed by atoms with Crippen LogP contribution in [0.2, 0.25) is 0 Å². The summed E-state index contributed by atoms with van der Waals surface area (Å²) in [4.78, 5) is 22.6. The van der Waals surface area contributed by atoms with Crippen molar-refractivity contribution in [2.45, 2.75) is 13.0 Å². The lowest BCUT2D eigenvalue weighted by molar-refractivity contribution is 0.0696. The Morgan fingerprint density at radius 3 is 2.55 bits per heavy atom. The molecule has 0 saturated carbocycles. The lowest BCUT2D eigenvalue weighted by Gasteiger charge is -2.04. The molecule has 0 bridgehead atoms. The minimum absolute atomic E-state index is 0.244. The van der Waals surface area contributed by atoms with Gasteiger partial charge < -0.3 is 19.6 Å². The molecular formula is C16H17NO5. The Morgan fingerprint density at radius 2 is 1.91 bits per heavy atom. The first kappa shape index (κ1) is 15.8. The monoisotopic (exact) mass is 303 g/mol. The van der Waals surface area contributed by atoms with Crippen LogP contribution in [0, 0.1) is 0 Å². The number of aromatic carboxylic acids is 1. The second kappa shape index (κ2) is 7.42. The van der Waals surface area contributed by atoms with Gasteiger partial charge in [-0.25, -0.2) is 4.79 Å². The van der Waals surface area contributed by atoms with E-state index in [0.717, 1.165) is 5.56 Å². The Bertz CT molecular complexity index is 645. The van der Waals surface area contributed by atoms with Crippen LogP contribution in [0.4, 0.5) is 0 Å². The molecule has 0 atom stereocenters. The number of carbonyl (C=O) groups is 2. The summed E-state index contributed by atoms with van der Waals surface area (Å²) in [5.74, 6) is -0.403. The summed E-state index contributed by atoms with van der Waals surface area (Å²) in [5, 5.41) is 11.6. The molecular weight excluding hydrogens is 286 g/mol. The number of carboxylic acid groups (broad SMARTS) is 1. The fourth-order valence-electron chi connectivity index (χ4n) is 1.94. The first-order chi connectivity index (χ1) is 10.6. The normalized spacial score (nSPS) is 10.4. The number of hydrogen-bond donors (Lipinski definition) is 2. The fraction of sp³-hybridized carbons (Fsp3) is 0.250. The minimum Gasteiger partial charge on any atom is -0.478 e. The van der Waals surface area contributed by atoms with Crippen LogP contribution in [0.5, 0.6) is 0 Å². The van der Waals surface area contributed by atoms with Crippen LogP contribution in [-0.2, 0) is 17.8 Å². The molecule has 0 aliphatic carbocycles. The molecule has 116 valence electrons. The Balaban J connectivity index is 1.82. The van der Waals surface area contributed by atoms with Crippen LogP contribution in [0.15, 0.2) is 40.8 Å². The summed E-state index contributed by atoms with van der Waals surface area (Å²) in [7, 11) is 1.55. The number of methoxy groups -OCH3 is 1. The van der Waals surface area contributed by atoms with Crippen molar-refractivity contribution in [2.75, 3.05) is 13.7 Å². The predicted molar refractivity (Wildman–Crippen MR) is 78.9 cm³/mol. The fourth-order valence-corrected chi connectivity index (χ4v) is 1.94. The molecule has 1 aromatic heterocycles. The number of nitrogens with one attached hydrogen (secondary N) is 1. The average molecular weight is 303 g/mol. The van der Waals surface area contributed by atoms with E-state index >= 15 is 0 Å². The van der Waals surface area contributed by atoms with Gasteiger partial charge in [0.05, 0.1) is 5.56 Å². The molecule has 1 amide bonds. The van der Waals surface area contributed by atoms with Crippen molar-refractivity contribution in [3.05, 3.63) is 59.0 Å². The van der Waals surface area contributed by atoms with Crippen LogP contribution in [0.1, 0.15) is 32.2 Å². The molecule has 0 aliphatic rings. The maximum atomic E-state index is 11.9. The van der Waals surface area contributed by atoms with Gasteiger partial charge in [-0.15, -0.1) is 0 Å². The van der Waals surface area contributed by atoms with Crippen molar-refractivity contribution in [3.63, 3.8) is 0 Å². The second-order valence-electron chi connectivity index (χ2n) is 4.71. The van der Waals surface area contributed by atoms with Crippen molar-refractivity contribution in [3.8, 4) is 0 Å². The van der Waals surface area contributed by atoms with Gasteiger partial charge in [0, 0.05) is 13.7 Å². The van der Waals surface area contributed by atoms with Gasteiger partial charge in [-0.3, -0.25) is 4.79 Å². The van der Waals surface area contributed by atoms with E-state index in [1.165, 1.54) is 0 Å². The van der Waals surface area contributed by atoms with E-state index in [1.54, 1.807) is 43.5 Å². The lowest BCUT2D eigenvalue weighted by atomic mass is 10.1. The van der Waals surface area contributed by atoms with Gasteiger partial charge in [-0.05, 0) is 36.2 Å². The maximum Gasteiger partial charge on any atom is 0.335 e. The number of ether oxygens (including phenoxy) is 1. The number of carbonyl (C=O) groups excluding carboxylic acids is 1. The van der Waals surface area contributed by atoms with Crippen LogP contribution >= 0.6 is 0 Å². The highest BCUT2D eigenvalue weighted by atomic mass is 16.5. The predicted octanol–water partition coefficient (Wildman–Crippen LogP) is 2.10. The molecule has 0 fully saturated rings. The third-order valence-corrected chi connectivity index (χ3v) is 3.07. The Hall–Kier alpha value is -2.60. The molecule has 1 aromatic carbocycles. The molecule has 2 rings (SSSR count). The van der Waals surface area contributed by atoms with E-state index in [-0.39, 0.29) is 17.2 Å². The molecule has 2 aromatic rings. The summed E-state index contributed by atoms with van der Waals surface area (Å²) < 4.78 is 10.2. The van der Waals surface area contributed by atoms with Crippen molar-refractivity contribution in [1.29, 1.82) is 0 Å². The Kier molecular flexibility index (Phi) is 5.32. The zero-order valence-corrected chi connectivity index (χ0v) is 12.2. The summed E-state index contributed by atoms with van der Waals surface area (Å²) in [6.07, 6.45) is 0.608. The minimum atomic E-state index is -0.954. The second-order valence-corrected chi connectivity index (χ2v) is 4.71. The van der Waals surface area contributed by atoms with Crippen LogP contribution in [0.25, 0.3) is 0 Å². The van der Waals surface area contributed by atoms with E-state index in [9.17, 15) is 9.59 Å². The molecule has 2 N–H and O–H groups in total. The molecule has 1 heterocycles. The van der Waals surface area contributed by atoms with E-state index in [1.807, 2.05) is 0 Å². The highest BCUT2D eigenvalue weighted by Gasteiger charge is 2.10. The Labute approximate surface area is 127 Å². The molecule has 0 spiro atoms.